The van der Waals surface area contributed by atoms with Gasteiger partial charge in [0, 0.05) is 10.6 Å². The molecule has 2 aromatic carbocycles. The normalized spacial score (nSPS) is 14.8. The average Bonchev–Trinajstić information content (AvgIpc) is 2.37. The molecule has 0 bridgehead atoms. The molecule has 2 rings (SSSR count). The van der Waals surface area contributed by atoms with Gasteiger partial charge in [-0.1, -0.05) is 41.9 Å². The number of halogens is 4. The minimum Gasteiger partial charge on any atom is -0.321 e. The summed E-state index contributed by atoms with van der Waals surface area (Å²) in [5, 5.41) is 0.549. The van der Waals surface area contributed by atoms with E-state index in [0.29, 0.717) is 10.6 Å². The van der Waals surface area contributed by atoms with E-state index in [1.54, 1.807) is 31.2 Å². The molecular formula is C16H15ClF3N. The summed E-state index contributed by atoms with van der Waals surface area (Å²) >= 11 is 5.93. The van der Waals surface area contributed by atoms with Crippen LogP contribution in [0.5, 0.6) is 0 Å². The molecular weight excluding hydrogens is 299 g/mol. The van der Waals surface area contributed by atoms with Crippen LogP contribution in [-0.2, 0) is 18.1 Å². The first-order valence-electron chi connectivity index (χ1n) is 6.39. The van der Waals surface area contributed by atoms with Gasteiger partial charge in [-0.15, -0.1) is 0 Å². The van der Waals surface area contributed by atoms with E-state index in [2.05, 4.69) is 0 Å². The van der Waals surface area contributed by atoms with E-state index in [0.717, 1.165) is 17.7 Å². The van der Waals surface area contributed by atoms with Gasteiger partial charge in [-0.3, -0.25) is 0 Å². The Morgan fingerprint density at radius 1 is 1.00 bits per heavy atom. The molecule has 2 aromatic rings. The third-order valence-corrected chi connectivity index (χ3v) is 3.54. The van der Waals surface area contributed by atoms with Crippen LogP contribution in [0.1, 0.15) is 23.6 Å². The van der Waals surface area contributed by atoms with E-state index in [9.17, 15) is 13.2 Å². The van der Waals surface area contributed by atoms with Crippen molar-refractivity contribution in [3.8, 4) is 0 Å². The number of hydrogen-bond acceptors (Lipinski definition) is 1. The predicted molar refractivity (Wildman–Crippen MR) is 78.1 cm³/mol. The Hall–Kier alpha value is -1.52. The van der Waals surface area contributed by atoms with Gasteiger partial charge in [-0.2, -0.15) is 13.2 Å². The molecule has 1 atom stereocenters. The Kier molecular flexibility index (Phi) is 4.30. The Morgan fingerprint density at radius 3 is 2.24 bits per heavy atom. The highest BCUT2D eigenvalue weighted by molar-refractivity contribution is 6.30. The van der Waals surface area contributed by atoms with E-state index in [1.165, 1.54) is 6.07 Å². The molecule has 0 heterocycles. The van der Waals surface area contributed by atoms with E-state index in [1.807, 2.05) is 6.07 Å². The minimum atomic E-state index is -4.35. The maximum absolute atomic E-state index is 12.7. The zero-order chi connectivity index (χ0) is 15.7. The number of hydrogen-bond donors (Lipinski definition) is 1. The van der Waals surface area contributed by atoms with Crippen molar-refractivity contribution in [2.45, 2.75) is 25.1 Å². The average molecular weight is 314 g/mol. The van der Waals surface area contributed by atoms with Gasteiger partial charge in [0.1, 0.15) is 0 Å². The molecule has 0 radical (unpaired) electrons. The van der Waals surface area contributed by atoms with E-state index in [4.69, 9.17) is 17.3 Å². The molecule has 0 saturated carbocycles. The molecule has 0 aromatic heterocycles. The van der Waals surface area contributed by atoms with Gasteiger partial charge in [0.25, 0.3) is 0 Å². The number of nitrogens with two attached hydrogens (primary N) is 1. The highest BCUT2D eigenvalue weighted by atomic mass is 35.5. The van der Waals surface area contributed by atoms with Gasteiger partial charge < -0.3 is 5.73 Å². The number of benzene rings is 2. The topological polar surface area (TPSA) is 26.0 Å². The Labute approximate surface area is 126 Å². The first-order chi connectivity index (χ1) is 9.68. The van der Waals surface area contributed by atoms with Crippen LogP contribution in [0.3, 0.4) is 0 Å². The maximum atomic E-state index is 12.7. The Bertz CT molecular complexity index is 635. The fourth-order valence-corrected chi connectivity index (χ4v) is 2.42. The summed E-state index contributed by atoms with van der Waals surface area (Å²) in [5.41, 5.74) is 6.12. The molecule has 0 aliphatic rings. The third kappa shape index (κ3) is 3.99. The summed E-state index contributed by atoms with van der Waals surface area (Å²) in [4.78, 5) is 0. The molecule has 1 nitrogen and oxygen atoms in total. The molecule has 112 valence electrons. The third-order valence-electron chi connectivity index (χ3n) is 3.31. The largest absolute Gasteiger partial charge is 0.416 e. The molecule has 1 unspecified atom stereocenters. The molecule has 0 spiro atoms. The van der Waals surface area contributed by atoms with Crippen molar-refractivity contribution in [1.29, 1.82) is 0 Å². The minimum absolute atomic E-state index is 0.289. The second kappa shape index (κ2) is 5.70. The van der Waals surface area contributed by atoms with Crippen LogP contribution in [0.25, 0.3) is 0 Å². The van der Waals surface area contributed by atoms with Crippen molar-refractivity contribution in [2.75, 3.05) is 0 Å². The zero-order valence-electron chi connectivity index (χ0n) is 11.4. The lowest BCUT2D eigenvalue weighted by atomic mass is 9.86. The summed E-state index contributed by atoms with van der Waals surface area (Å²) in [5.74, 6) is 0. The van der Waals surface area contributed by atoms with Crippen molar-refractivity contribution < 1.29 is 13.2 Å². The van der Waals surface area contributed by atoms with Crippen LogP contribution in [0.4, 0.5) is 13.2 Å². The SMILES string of the molecule is CC(N)(Cc1cccc(C(F)(F)F)c1)c1cccc(Cl)c1. The fraction of sp³-hybridized carbons (Fsp3) is 0.250. The smallest absolute Gasteiger partial charge is 0.321 e. The molecule has 5 heteroatoms. The second-order valence-corrected chi connectivity index (χ2v) is 5.74. The molecule has 0 fully saturated rings. The van der Waals surface area contributed by atoms with Crippen molar-refractivity contribution in [3.63, 3.8) is 0 Å². The van der Waals surface area contributed by atoms with Crippen molar-refractivity contribution in [1.82, 2.24) is 0 Å². The molecule has 0 aliphatic carbocycles. The quantitative estimate of drug-likeness (QED) is 0.867. The first kappa shape index (κ1) is 15.9. The van der Waals surface area contributed by atoms with Gasteiger partial charge in [0.15, 0.2) is 0 Å². The highest BCUT2D eigenvalue weighted by Gasteiger charge is 2.31. The van der Waals surface area contributed by atoms with Crippen LogP contribution in [0, 0.1) is 0 Å². The molecule has 2 N–H and O–H groups in total. The van der Waals surface area contributed by atoms with Gasteiger partial charge in [-0.05, 0) is 42.7 Å². The second-order valence-electron chi connectivity index (χ2n) is 5.30. The maximum Gasteiger partial charge on any atom is 0.416 e. The lowest BCUT2D eigenvalue weighted by Gasteiger charge is -2.26. The lowest BCUT2D eigenvalue weighted by molar-refractivity contribution is -0.137. The van der Waals surface area contributed by atoms with E-state index >= 15 is 0 Å². The van der Waals surface area contributed by atoms with Crippen molar-refractivity contribution in [2.24, 2.45) is 5.73 Å². The molecule has 0 amide bonds. The lowest BCUT2D eigenvalue weighted by Crippen LogP contribution is -2.35. The van der Waals surface area contributed by atoms with Crippen molar-refractivity contribution in [3.05, 3.63) is 70.2 Å². The predicted octanol–water partition coefficient (Wildman–Crippen LogP) is 4.78. The summed E-state index contributed by atoms with van der Waals surface area (Å²) in [6.45, 7) is 1.78. The Morgan fingerprint density at radius 2 is 1.62 bits per heavy atom. The van der Waals surface area contributed by atoms with Crippen molar-refractivity contribution >= 4 is 11.6 Å². The van der Waals surface area contributed by atoms with Gasteiger partial charge in [0.2, 0.25) is 0 Å². The van der Waals surface area contributed by atoms with E-state index < -0.39 is 17.3 Å². The van der Waals surface area contributed by atoms with Crippen LogP contribution in [0.2, 0.25) is 5.02 Å². The fourth-order valence-electron chi connectivity index (χ4n) is 2.23. The Balaban J connectivity index is 2.28. The summed E-state index contributed by atoms with van der Waals surface area (Å²) < 4.78 is 38.2. The van der Waals surface area contributed by atoms with Crippen LogP contribution < -0.4 is 5.73 Å². The molecule has 21 heavy (non-hydrogen) atoms. The highest BCUT2D eigenvalue weighted by Crippen LogP contribution is 2.31. The van der Waals surface area contributed by atoms with Crippen LogP contribution in [0.15, 0.2) is 48.5 Å². The standard InChI is InChI=1S/C16H15ClF3N/c1-15(21,12-5-3-7-14(17)9-12)10-11-4-2-6-13(8-11)16(18,19)20/h2-9H,10,21H2,1H3. The van der Waals surface area contributed by atoms with Gasteiger partial charge in [-0.25, -0.2) is 0 Å². The van der Waals surface area contributed by atoms with E-state index in [-0.39, 0.29) is 6.42 Å². The number of alkyl halides is 3. The molecule has 0 saturated heterocycles. The first-order valence-corrected chi connectivity index (χ1v) is 6.77. The summed E-state index contributed by atoms with van der Waals surface area (Å²) in [6, 6.07) is 12.3. The molecule has 0 aliphatic heterocycles. The van der Waals surface area contributed by atoms with Gasteiger partial charge >= 0.3 is 6.18 Å². The monoisotopic (exact) mass is 313 g/mol. The summed E-state index contributed by atoms with van der Waals surface area (Å²) in [7, 11) is 0. The summed E-state index contributed by atoms with van der Waals surface area (Å²) in [6.07, 6.45) is -4.06. The zero-order valence-corrected chi connectivity index (χ0v) is 12.2. The van der Waals surface area contributed by atoms with Crippen LogP contribution >= 0.6 is 11.6 Å². The van der Waals surface area contributed by atoms with Crippen LogP contribution in [-0.4, -0.2) is 0 Å². The van der Waals surface area contributed by atoms with Gasteiger partial charge in [0.05, 0.1) is 5.56 Å². The number of rotatable bonds is 3.